The number of alkyl halides is 1. The minimum Gasteiger partial charge on any atom is -0.340 e. The van der Waals surface area contributed by atoms with Gasteiger partial charge in [-0.05, 0) is 12.1 Å². The molecule has 0 amide bonds. The van der Waals surface area contributed by atoms with Gasteiger partial charge < -0.3 is 9.80 Å². The molecule has 0 bridgehead atoms. The fraction of sp³-hybridized carbons (Fsp3) is 0.333. The summed E-state index contributed by atoms with van der Waals surface area (Å²) in [7, 11) is 4.00. The molecule has 1 aromatic carbocycles. The average molecular weight is 264 g/mol. The van der Waals surface area contributed by atoms with Crippen LogP contribution >= 0.6 is 28.6 Å². The predicted molar refractivity (Wildman–Crippen MR) is 63.2 cm³/mol. The molecule has 72 valence electrons. The third-order valence-electron chi connectivity index (χ3n) is 2.28. The van der Waals surface area contributed by atoms with Gasteiger partial charge in [0.05, 0.1) is 11.4 Å². The summed E-state index contributed by atoms with van der Waals surface area (Å²) in [5.74, 6) is 0. The summed E-state index contributed by atoms with van der Waals surface area (Å²) < 4.78 is 0. The van der Waals surface area contributed by atoms with Crippen LogP contribution < -0.4 is 9.80 Å². The van der Waals surface area contributed by atoms with Gasteiger partial charge in [-0.3, -0.25) is 0 Å². The first-order valence-electron chi connectivity index (χ1n) is 3.90. The molecule has 1 aliphatic rings. The Balaban J connectivity index is 0.000000845. The SMILES string of the molecule is Br.CN1c2ccccc2N(C)C1Cl. The lowest BCUT2D eigenvalue weighted by Gasteiger charge is -2.20. The van der Waals surface area contributed by atoms with Gasteiger partial charge in [0.1, 0.15) is 0 Å². The van der Waals surface area contributed by atoms with Crippen molar-refractivity contribution >= 4 is 40.0 Å². The molecule has 0 atom stereocenters. The van der Waals surface area contributed by atoms with E-state index in [0.717, 1.165) is 0 Å². The second kappa shape index (κ2) is 3.76. The molecular weight excluding hydrogens is 251 g/mol. The van der Waals surface area contributed by atoms with Gasteiger partial charge in [0.25, 0.3) is 0 Å². The highest BCUT2D eigenvalue weighted by molar-refractivity contribution is 8.93. The number of para-hydroxylation sites is 2. The molecule has 2 nitrogen and oxygen atoms in total. The maximum atomic E-state index is 6.13. The Labute approximate surface area is 93.9 Å². The first-order chi connectivity index (χ1) is 5.72. The van der Waals surface area contributed by atoms with Crippen LogP contribution in [-0.2, 0) is 0 Å². The molecule has 0 saturated heterocycles. The van der Waals surface area contributed by atoms with Crippen molar-refractivity contribution in [1.29, 1.82) is 0 Å². The molecule has 0 spiro atoms. The number of nitrogens with zero attached hydrogens (tertiary/aromatic N) is 2. The molecular formula is C9H12BrClN2. The Morgan fingerprint density at radius 1 is 1.08 bits per heavy atom. The molecule has 13 heavy (non-hydrogen) atoms. The summed E-state index contributed by atoms with van der Waals surface area (Å²) in [4.78, 5) is 4.10. The van der Waals surface area contributed by atoms with Crippen LogP contribution in [0.1, 0.15) is 0 Å². The summed E-state index contributed by atoms with van der Waals surface area (Å²) in [6.45, 7) is 0. The first-order valence-corrected chi connectivity index (χ1v) is 4.34. The van der Waals surface area contributed by atoms with Gasteiger partial charge in [-0.2, -0.15) is 0 Å². The molecule has 0 unspecified atom stereocenters. The number of anilines is 2. The van der Waals surface area contributed by atoms with E-state index in [1.165, 1.54) is 11.4 Å². The second-order valence-electron chi connectivity index (χ2n) is 3.02. The Bertz CT molecular complexity index is 276. The standard InChI is InChI=1S/C9H11ClN2.BrH/c1-11-7-5-3-4-6-8(7)12(2)9(11)10;/h3-6,9H,1-2H3;1H. The molecule has 1 heterocycles. The average Bonchev–Trinajstić information content (AvgIpc) is 2.33. The lowest BCUT2D eigenvalue weighted by Crippen LogP contribution is -2.33. The monoisotopic (exact) mass is 262 g/mol. The van der Waals surface area contributed by atoms with E-state index in [0.29, 0.717) is 0 Å². The van der Waals surface area contributed by atoms with Crippen LogP contribution in [0.15, 0.2) is 24.3 Å². The quantitative estimate of drug-likeness (QED) is 0.524. The minimum absolute atomic E-state index is 0. The molecule has 0 N–H and O–H groups in total. The Kier molecular flexibility index (Phi) is 3.09. The van der Waals surface area contributed by atoms with E-state index in [2.05, 4.69) is 21.9 Å². The summed E-state index contributed by atoms with van der Waals surface area (Å²) in [5.41, 5.74) is 2.34. The number of fused-ring (bicyclic) bond motifs is 1. The third kappa shape index (κ3) is 1.51. The summed E-state index contributed by atoms with van der Waals surface area (Å²) in [6, 6.07) is 8.21. The van der Waals surface area contributed by atoms with E-state index in [1.54, 1.807) is 0 Å². The molecule has 0 aliphatic carbocycles. The second-order valence-corrected chi connectivity index (χ2v) is 3.41. The van der Waals surface area contributed by atoms with E-state index in [4.69, 9.17) is 11.6 Å². The van der Waals surface area contributed by atoms with Gasteiger partial charge in [0.15, 0.2) is 5.62 Å². The van der Waals surface area contributed by atoms with Crippen molar-refractivity contribution in [3.63, 3.8) is 0 Å². The van der Waals surface area contributed by atoms with Crippen molar-refractivity contribution in [3.8, 4) is 0 Å². The van der Waals surface area contributed by atoms with Gasteiger partial charge >= 0.3 is 0 Å². The fourth-order valence-electron chi connectivity index (χ4n) is 1.55. The summed E-state index contributed by atoms with van der Waals surface area (Å²) in [5, 5.41) is 0. The van der Waals surface area contributed by atoms with Gasteiger partial charge in [-0.1, -0.05) is 23.7 Å². The molecule has 0 fully saturated rings. The smallest absolute Gasteiger partial charge is 0.179 e. The van der Waals surface area contributed by atoms with E-state index in [-0.39, 0.29) is 22.6 Å². The van der Waals surface area contributed by atoms with Crippen LogP contribution in [0.5, 0.6) is 0 Å². The van der Waals surface area contributed by atoms with Crippen molar-refractivity contribution in [2.75, 3.05) is 23.9 Å². The topological polar surface area (TPSA) is 6.48 Å². The summed E-state index contributed by atoms with van der Waals surface area (Å²) in [6.07, 6.45) is 0. The molecule has 0 saturated carbocycles. The van der Waals surface area contributed by atoms with Crippen molar-refractivity contribution in [2.24, 2.45) is 0 Å². The molecule has 4 heteroatoms. The third-order valence-corrected chi connectivity index (χ3v) is 2.87. The molecule has 1 aliphatic heterocycles. The predicted octanol–water partition coefficient (Wildman–Crippen LogP) is 2.67. The maximum Gasteiger partial charge on any atom is 0.179 e. The van der Waals surface area contributed by atoms with Crippen LogP contribution in [0, 0.1) is 0 Å². The normalized spacial score (nSPS) is 15.6. The van der Waals surface area contributed by atoms with E-state index >= 15 is 0 Å². The largest absolute Gasteiger partial charge is 0.340 e. The van der Waals surface area contributed by atoms with E-state index < -0.39 is 0 Å². The maximum absolute atomic E-state index is 6.13. The van der Waals surface area contributed by atoms with Crippen LogP contribution in [0.4, 0.5) is 11.4 Å². The zero-order chi connectivity index (χ0) is 8.72. The molecule has 0 radical (unpaired) electrons. The van der Waals surface area contributed by atoms with Crippen molar-refractivity contribution < 1.29 is 0 Å². The fourth-order valence-corrected chi connectivity index (χ4v) is 1.76. The number of halogens is 2. The summed E-state index contributed by atoms with van der Waals surface area (Å²) >= 11 is 6.13. The number of benzene rings is 1. The molecule has 0 aromatic heterocycles. The van der Waals surface area contributed by atoms with Gasteiger partial charge in [-0.25, -0.2) is 0 Å². The zero-order valence-corrected chi connectivity index (χ0v) is 10.0. The van der Waals surface area contributed by atoms with Crippen LogP contribution in [0.3, 0.4) is 0 Å². The molecule has 2 rings (SSSR count). The lowest BCUT2D eigenvalue weighted by atomic mass is 10.3. The van der Waals surface area contributed by atoms with E-state index in [9.17, 15) is 0 Å². The number of rotatable bonds is 0. The van der Waals surface area contributed by atoms with Gasteiger partial charge in [0, 0.05) is 14.1 Å². The first kappa shape index (κ1) is 10.7. The van der Waals surface area contributed by atoms with Crippen molar-refractivity contribution in [3.05, 3.63) is 24.3 Å². The number of hydrogen-bond donors (Lipinski definition) is 0. The molecule has 1 aromatic rings. The Hall–Kier alpha value is -0.410. The zero-order valence-electron chi connectivity index (χ0n) is 7.57. The Morgan fingerprint density at radius 2 is 1.46 bits per heavy atom. The van der Waals surface area contributed by atoms with Gasteiger partial charge in [0.2, 0.25) is 0 Å². The van der Waals surface area contributed by atoms with Crippen LogP contribution in [0.25, 0.3) is 0 Å². The van der Waals surface area contributed by atoms with Crippen LogP contribution in [-0.4, -0.2) is 19.7 Å². The minimum atomic E-state index is -0.0533. The Morgan fingerprint density at radius 3 is 1.85 bits per heavy atom. The highest BCUT2D eigenvalue weighted by Crippen LogP contribution is 2.38. The van der Waals surface area contributed by atoms with Crippen molar-refractivity contribution in [2.45, 2.75) is 5.62 Å². The van der Waals surface area contributed by atoms with Crippen molar-refractivity contribution in [1.82, 2.24) is 0 Å². The highest BCUT2D eigenvalue weighted by Gasteiger charge is 2.28. The van der Waals surface area contributed by atoms with Gasteiger partial charge in [-0.15, -0.1) is 17.0 Å². The van der Waals surface area contributed by atoms with Crippen LogP contribution in [0.2, 0.25) is 0 Å². The number of hydrogen-bond acceptors (Lipinski definition) is 2. The van der Waals surface area contributed by atoms with E-state index in [1.807, 2.05) is 26.2 Å². The highest BCUT2D eigenvalue weighted by atomic mass is 79.9. The lowest BCUT2D eigenvalue weighted by molar-refractivity contribution is 0.845.